The van der Waals surface area contributed by atoms with Crippen LogP contribution in [0.1, 0.15) is 349 Å². The standard InChI is InChI=1S/C77H140O17P2/c1-5-9-13-17-21-25-29-33-35-39-42-46-50-54-58-62-75(80)88-68-73(94-77(82)64-60-56-52-48-44-40-36-34-30-26-22-18-14-10-6-2)70-92-96(85,86)90-66-71(78)65-89-95(83,84)91-69-72(93-76(81)63-59-55-51-47-43-38-32-28-24-20-16-12-8-4)67-87-74(79)61-57-53-49-45-41-37-31-27-23-19-15-11-7-3/h9,13,21,25,27-28,31-33,35,71-73,78H,5-8,10-12,14-20,22-24,26,29-30,34,36-70H2,1-4H3,(H,83,84)(H,85,86)/b13-9-,25-21-,31-27-,32-28-,35-33-. The first-order chi connectivity index (χ1) is 46.7. The Morgan fingerprint density at radius 2 is 0.542 bits per heavy atom. The van der Waals surface area contributed by atoms with Gasteiger partial charge in [-0.15, -0.1) is 0 Å². The van der Waals surface area contributed by atoms with E-state index in [-0.39, 0.29) is 25.7 Å². The van der Waals surface area contributed by atoms with Gasteiger partial charge in [0.15, 0.2) is 12.2 Å². The molecule has 0 bridgehead atoms. The number of aliphatic hydroxyl groups is 1. The zero-order valence-electron chi connectivity index (χ0n) is 61.1. The molecule has 560 valence electrons. The summed E-state index contributed by atoms with van der Waals surface area (Å²) in [5.41, 5.74) is 0. The van der Waals surface area contributed by atoms with Gasteiger partial charge in [0.05, 0.1) is 26.4 Å². The molecule has 96 heavy (non-hydrogen) atoms. The Kier molecular flexibility index (Phi) is 67.8. The molecule has 0 spiro atoms. The van der Waals surface area contributed by atoms with Crippen molar-refractivity contribution in [3.8, 4) is 0 Å². The Labute approximate surface area is 584 Å². The molecule has 0 fully saturated rings. The molecule has 0 saturated heterocycles. The van der Waals surface area contributed by atoms with Gasteiger partial charge in [-0.05, 0) is 109 Å². The van der Waals surface area contributed by atoms with Crippen molar-refractivity contribution in [1.29, 1.82) is 0 Å². The maximum absolute atomic E-state index is 13.1. The SMILES string of the molecule is CC/C=C\C/C=C\C/C=C\CCCCCCCC(=O)OCC(COP(=O)(O)OCC(O)COP(=O)(O)OCC(COC(=O)CCCCCCC/C=C\CCCCCC)OC(=O)CCCCCCC/C=C\CCCCCC)OC(=O)CCCCCCCCCCCCCCCCC. The number of ether oxygens (including phenoxy) is 4. The Balaban J connectivity index is 5.33. The van der Waals surface area contributed by atoms with E-state index in [1.54, 1.807) is 0 Å². The molecule has 0 radical (unpaired) electrons. The van der Waals surface area contributed by atoms with Crippen LogP contribution in [-0.2, 0) is 65.4 Å². The maximum Gasteiger partial charge on any atom is 0.472 e. The third-order valence-electron chi connectivity index (χ3n) is 16.5. The third kappa shape index (κ3) is 69.2. The van der Waals surface area contributed by atoms with E-state index in [1.807, 2.05) is 0 Å². The molecule has 3 N–H and O–H groups in total. The first-order valence-electron chi connectivity index (χ1n) is 38.5. The van der Waals surface area contributed by atoms with E-state index in [9.17, 15) is 43.2 Å². The minimum Gasteiger partial charge on any atom is -0.462 e. The quantitative estimate of drug-likeness (QED) is 0.0169. The van der Waals surface area contributed by atoms with Crippen LogP contribution in [0.3, 0.4) is 0 Å². The molecule has 0 aromatic carbocycles. The monoisotopic (exact) mass is 1400 g/mol. The van der Waals surface area contributed by atoms with E-state index in [1.165, 1.54) is 116 Å². The van der Waals surface area contributed by atoms with Crippen molar-refractivity contribution in [3.63, 3.8) is 0 Å². The lowest BCUT2D eigenvalue weighted by atomic mass is 10.0. The fourth-order valence-corrected chi connectivity index (χ4v) is 12.2. The lowest BCUT2D eigenvalue weighted by Gasteiger charge is -2.21. The van der Waals surface area contributed by atoms with Gasteiger partial charge in [0, 0.05) is 25.7 Å². The van der Waals surface area contributed by atoms with E-state index in [0.717, 1.165) is 154 Å². The maximum atomic E-state index is 13.1. The third-order valence-corrected chi connectivity index (χ3v) is 18.4. The predicted molar refractivity (Wildman–Crippen MR) is 390 cm³/mol. The van der Waals surface area contributed by atoms with Crippen molar-refractivity contribution in [2.45, 2.75) is 367 Å². The van der Waals surface area contributed by atoms with Crippen molar-refractivity contribution >= 4 is 39.5 Å². The number of esters is 4. The van der Waals surface area contributed by atoms with Crippen LogP contribution in [0.25, 0.3) is 0 Å². The second kappa shape index (κ2) is 70.2. The molecule has 19 heteroatoms. The normalized spacial score (nSPS) is 14.3. The summed E-state index contributed by atoms with van der Waals surface area (Å²) in [6.45, 7) is 4.75. The fourth-order valence-electron chi connectivity index (χ4n) is 10.6. The summed E-state index contributed by atoms with van der Waals surface area (Å²) < 4.78 is 68.5. The van der Waals surface area contributed by atoms with Crippen LogP contribution in [0.2, 0.25) is 0 Å². The van der Waals surface area contributed by atoms with E-state index in [0.29, 0.717) is 25.7 Å². The molecule has 17 nitrogen and oxygen atoms in total. The Morgan fingerprint density at radius 3 is 0.854 bits per heavy atom. The lowest BCUT2D eigenvalue weighted by Crippen LogP contribution is -2.30. The first-order valence-corrected chi connectivity index (χ1v) is 41.5. The van der Waals surface area contributed by atoms with Crippen LogP contribution in [0.15, 0.2) is 60.8 Å². The highest BCUT2D eigenvalue weighted by molar-refractivity contribution is 7.47. The minimum atomic E-state index is -4.97. The second-order valence-corrected chi connectivity index (χ2v) is 28.8. The second-order valence-electron chi connectivity index (χ2n) is 25.9. The van der Waals surface area contributed by atoms with Gasteiger partial charge in [-0.25, -0.2) is 9.13 Å². The number of carbonyl (C=O) groups excluding carboxylic acids is 4. The highest BCUT2D eigenvalue weighted by Crippen LogP contribution is 2.45. The van der Waals surface area contributed by atoms with Crippen LogP contribution < -0.4 is 0 Å². The van der Waals surface area contributed by atoms with Crippen LogP contribution in [0.5, 0.6) is 0 Å². The van der Waals surface area contributed by atoms with Crippen LogP contribution in [-0.4, -0.2) is 96.7 Å². The van der Waals surface area contributed by atoms with Crippen molar-refractivity contribution in [3.05, 3.63) is 60.8 Å². The van der Waals surface area contributed by atoms with Crippen LogP contribution >= 0.6 is 15.6 Å². The average Bonchev–Trinajstić information content (AvgIpc) is 1.36. The van der Waals surface area contributed by atoms with E-state index in [2.05, 4.69) is 88.5 Å². The van der Waals surface area contributed by atoms with Gasteiger partial charge in [-0.1, -0.05) is 275 Å². The van der Waals surface area contributed by atoms with Gasteiger partial charge in [-0.2, -0.15) is 0 Å². The smallest absolute Gasteiger partial charge is 0.462 e. The van der Waals surface area contributed by atoms with Gasteiger partial charge in [0.2, 0.25) is 0 Å². The zero-order valence-corrected chi connectivity index (χ0v) is 62.8. The molecule has 5 atom stereocenters. The molecule has 0 amide bonds. The number of phosphoric acid groups is 2. The number of rotatable bonds is 73. The number of hydrogen-bond donors (Lipinski definition) is 3. The number of allylic oxidation sites excluding steroid dienone is 10. The highest BCUT2D eigenvalue weighted by atomic mass is 31.2. The number of carbonyl (C=O) groups is 4. The zero-order chi connectivity index (χ0) is 70.4. The highest BCUT2D eigenvalue weighted by Gasteiger charge is 2.30. The van der Waals surface area contributed by atoms with Gasteiger partial charge in [0.1, 0.15) is 19.3 Å². The lowest BCUT2D eigenvalue weighted by molar-refractivity contribution is -0.161. The van der Waals surface area contributed by atoms with Gasteiger partial charge in [0.25, 0.3) is 0 Å². The topological polar surface area (TPSA) is 237 Å². The molecule has 0 aliphatic rings. The molecular formula is C77H140O17P2. The van der Waals surface area contributed by atoms with Gasteiger partial charge < -0.3 is 33.8 Å². The van der Waals surface area contributed by atoms with E-state index >= 15 is 0 Å². The fraction of sp³-hybridized carbons (Fsp3) is 0.818. The summed E-state index contributed by atoms with van der Waals surface area (Å²) in [7, 11) is -9.94. The number of aliphatic hydroxyl groups excluding tert-OH is 1. The summed E-state index contributed by atoms with van der Waals surface area (Å²) in [5, 5.41) is 10.6. The first kappa shape index (κ1) is 92.8. The summed E-state index contributed by atoms with van der Waals surface area (Å²) in [6.07, 6.45) is 67.8. The van der Waals surface area contributed by atoms with E-state index < -0.39 is 97.5 Å². The molecular weight excluding hydrogens is 1260 g/mol. The molecule has 0 aromatic heterocycles. The summed E-state index contributed by atoms with van der Waals surface area (Å²) in [6, 6.07) is 0. The van der Waals surface area contributed by atoms with Crippen molar-refractivity contribution in [2.24, 2.45) is 0 Å². The predicted octanol–water partition coefficient (Wildman–Crippen LogP) is 21.9. The largest absolute Gasteiger partial charge is 0.472 e. The van der Waals surface area contributed by atoms with Gasteiger partial charge in [-0.3, -0.25) is 37.3 Å². The number of phosphoric ester groups is 2. The van der Waals surface area contributed by atoms with Crippen molar-refractivity contribution in [1.82, 2.24) is 0 Å². The average molecular weight is 1400 g/mol. The molecule has 0 aromatic rings. The minimum absolute atomic E-state index is 0.0872. The molecule has 0 aliphatic heterocycles. The molecule has 5 unspecified atom stereocenters. The van der Waals surface area contributed by atoms with Crippen LogP contribution in [0, 0.1) is 0 Å². The Morgan fingerprint density at radius 1 is 0.302 bits per heavy atom. The van der Waals surface area contributed by atoms with E-state index in [4.69, 9.17) is 37.0 Å². The molecule has 0 saturated carbocycles. The van der Waals surface area contributed by atoms with Crippen molar-refractivity contribution < 1.29 is 80.2 Å². The van der Waals surface area contributed by atoms with Crippen LogP contribution in [0.4, 0.5) is 0 Å². The summed E-state index contributed by atoms with van der Waals surface area (Å²) in [4.78, 5) is 72.8. The number of hydrogen-bond acceptors (Lipinski definition) is 15. The summed E-state index contributed by atoms with van der Waals surface area (Å²) in [5.74, 6) is -2.18. The molecule has 0 rings (SSSR count). The van der Waals surface area contributed by atoms with Gasteiger partial charge >= 0.3 is 39.5 Å². The molecule has 0 aliphatic carbocycles. The summed E-state index contributed by atoms with van der Waals surface area (Å²) >= 11 is 0. The van der Waals surface area contributed by atoms with Crippen molar-refractivity contribution in [2.75, 3.05) is 39.6 Å². The Hall–Kier alpha value is -3.24. The Bertz CT molecular complexity index is 2060. The molecule has 0 heterocycles. The number of unbranched alkanes of at least 4 members (excludes halogenated alkanes) is 37.